The van der Waals surface area contributed by atoms with E-state index in [1.807, 2.05) is 20.8 Å². The van der Waals surface area contributed by atoms with Gasteiger partial charge in [0.25, 0.3) is 5.91 Å². The summed E-state index contributed by atoms with van der Waals surface area (Å²) in [6.45, 7) is 14.2. The van der Waals surface area contributed by atoms with Crippen molar-refractivity contribution in [1.29, 1.82) is 0 Å². The van der Waals surface area contributed by atoms with E-state index in [9.17, 15) is 9.59 Å². The SMILES string of the molecule is CC(C)CN1CCC(CNC(=O)Nc2cccc(C(=O)NC(C)(C)C)c2)C1. The topological polar surface area (TPSA) is 73.5 Å². The Morgan fingerprint density at radius 1 is 1.26 bits per heavy atom. The molecule has 0 spiro atoms. The van der Waals surface area contributed by atoms with E-state index < -0.39 is 0 Å². The predicted octanol–water partition coefficient (Wildman–Crippen LogP) is 3.31. The highest BCUT2D eigenvalue weighted by Gasteiger charge is 2.23. The number of nitrogens with zero attached hydrogens (tertiary/aromatic N) is 1. The zero-order valence-corrected chi connectivity index (χ0v) is 17.3. The van der Waals surface area contributed by atoms with Crippen molar-refractivity contribution in [1.82, 2.24) is 15.5 Å². The van der Waals surface area contributed by atoms with Gasteiger partial charge >= 0.3 is 6.03 Å². The third-order valence-electron chi connectivity index (χ3n) is 4.42. The van der Waals surface area contributed by atoms with Gasteiger partial charge in [0.2, 0.25) is 0 Å². The molecule has 6 heteroatoms. The fraction of sp³-hybridized carbons (Fsp3) is 0.619. The number of benzene rings is 1. The van der Waals surface area contributed by atoms with Crippen molar-refractivity contribution in [2.45, 2.75) is 46.6 Å². The minimum atomic E-state index is -0.303. The van der Waals surface area contributed by atoms with Crippen LogP contribution in [0.5, 0.6) is 0 Å². The molecule has 1 aliphatic rings. The van der Waals surface area contributed by atoms with Crippen LogP contribution in [-0.2, 0) is 0 Å². The van der Waals surface area contributed by atoms with Gasteiger partial charge in [0.1, 0.15) is 0 Å². The van der Waals surface area contributed by atoms with Crippen molar-refractivity contribution in [3.63, 3.8) is 0 Å². The number of carbonyl (C=O) groups excluding carboxylic acids is 2. The minimum Gasteiger partial charge on any atom is -0.347 e. The molecule has 1 heterocycles. The minimum absolute atomic E-state index is 0.150. The van der Waals surface area contributed by atoms with Crippen LogP contribution in [0, 0.1) is 11.8 Å². The van der Waals surface area contributed by atoms with Crippen molar-refractivity contribution in [3.05, 3.63) is 29.8 Å². The maximum Gasteiger partial charge on any atom is 0.319 e. The van der Waals surface area contributed by atoms with Crippen LogP contribution in [0.3, 0.4) is 0 Å². The highest BCUT2D eigenvalue weighted by molar-refractivity contribution is 5.97. The fourth-order valence-electron chi connectivity index (χ4n) is 3.32. The summed E-state index contributed by atoms with van der Waals surface area (Å²) in [7, 11) is 0. The third-order valence-corrected chi connectivity index (χ3v) is 4.42. The van der Waals surface area contributed by atoms with E-state index in [2.05, 4.69) is 34.7 Å². The number of carbonyl (C=O) groups is 2. The molecule has 1 unspecified atom stereocenters. The fourth-order valence-corrected chi connectivity index (χ4v) is 3.32. The van der Waals surface area contributed by atoms with Gasteiger partial charge in [0.05, 0.1) is 0 Å². The Kier molecular flexibility index (Phi) is 7.25. The average Bonchev–Trinajstić information content (AvgIpc) is 2.98. The van der Waals surface area contributed by atoms with Crippen molar-refractivity contribution < 1.29 is 9.59 Å². The van der Waals surface area contributed by atoms with Gasteiger partial charge in [-0.25, -0.2) is 4.79 Å². The van der Waals surface area contributed by atoms with Gasteiger partial charge in [-0.2, -0.15) is 0 Å². The van der Waals surface area contributed by atoms with Gasteiger partial charge in [-0.05, 0) is 63.8 Å². The molecule has 0 aromatic heterocycles. The number of anilines is 1. The van der Waals surface area contributed by atoms with E-state index in [-0.39, 0.29) is 17.5 Å². The molecule has 1 aromatic rings. The quantitative estimate of drug-likeness (QED) is 0.715. The van der Waals surface area contributed by atoms with E-state index in [4.69, 9.17) is 0 Å². The highest BCUT2D eigenvalue weighted by Crippen LogP contribution is 2.17. The van der Waals surface area contributed by atoms with Crippen molar-refractivity contribution in [2.24, 2.45) is 11.8 Å². The lowest BCUT2D eigenvalue weighted by Crippen LogP contribution is -2.40. The predicted molar refractivity (Wildman–Crippen MR) is 110 cm³/mol. The van der Waals surface area contributed by atoms with Crippen molar-refractivity contribution in [3.8, 4) is 0 Å². The van der Waals surface area contributed by atoms with E-state index in [1.165, 1.54) is 0 Å². The van der Waals surface area contributed by atoms with E-state index in [1.54, 1.807) is 24.3 Å². The number of nitrogens with one attached hydrogen (secondary N) is 3. The molecule has 0 radical (unpaired) electrons. The van der Waals surface area contributed by atoms with Crippen LogP contribution in [0.2, 0.25) is 0 Å². The van der Waals surface area contributed by atoms with Crippen LogP contribution in [0.25, 0.3) is 0 Å². The molecular formula is C21H34N4O2. The summed E-state index contributed by atoms with van der Waals surface area (Å²) in [5, 5.41) is 8.70. The molecule has 150 valence electrons. The standard InChI is InChI=1S/C21H34N4O2/c1-15(2)13-25-10-9-16(14-25)12-22-20(27)23-18-8-6-7-17(11-18)19(26)24-21(3,4)5/h6-8,11,15-16H,9-10,12-14H2,1-5H3,(H,24,26)(H2,22,23,27). The highest BCUT2D eigenvalue weighted by atomic mass is 16.2. The number of likely N-dealkylation sites (tertiary alicyclic amines) is 1. The Labute approximate surface area is 163 Å². The summed E-state index contributed by atoms with van der Waals surface area (Å²) in [6, 6.07) is 6.76. The van der Waals surface area contributed by atoms with Crippen LogP contribution in [0.1, 0.15) is 51.4 Å². The maximum absolute atomic E-state index is 12.3. The zero-order valence-electron chi connectivity index (χ0n) is 17.3. The zero-order chi connectivity index (χ0) is 20.0. The van der Waals surface area contributed by atoms with Gasteiger partial charge in [0, 0.05) is 36.4 Å². The lowest BCUT2D eigenvalue weighted by Gasteiger charge is -2.20. The van der Waals surface area contributed by atoms with Gasteiger partial charge in [-0.3, -0.25) is 4.79 Å². The molecule has 1 atom stereocenters. The number of rotatable bonds is 6. The number of hydrogen-bond donors (Lipinski definition) is 3. The summed E-state index contributed by atoms with van der Waals surface area (Å²) < 4.78 is 0. The summed E-state index contributed by atoms with van der Waals surface area (Å²) in [4.78, 5) is 26.9. The molecular weight excluding hydrogens is 340 g/mol. The second kappa shape index (κ2) is 9.22. The Bertz CT molecular complexity index is 652. The molecule has 0 saturated carbocycles. The van der Waals surface area contributed by atoms with Crippen LogP contribution in [0.15, 0.2) is 24.3 Å². The lowest BCUT2D eigenvalue weighted by atomic mass is 10.1. The monoisotopic (exact) mass is 374 g/mol. The summed E-state index contributed by atoms with van der Waals surface area (Å²) in [5.41, 5.74) is 0.840. The Morgan fingerprint density at radius 2 is 2.00 bits per heavy atom. The van der Waals surface area contributed by atoms with Gasteiger partial charge in [0.15, 0.2) is 0 Å². The first-order valence-corrected chi connectivity index (χ1v) is 9.82. The first-order valence-electron chi connectivity index (χ1n) is 9.82. The molecule has 1 fully saturated rings. The van der Waals surface area contributed by atoms with Crippen LogP contribution in [-0.4, -0.2) is 48.6 Å². The second-order valence-electron chi connectivity index (χ2n) is 8.93. The lowest BCUT2D eigenvalue weighted by molar-refractivity contribution is 0.0919. The third kappa shape index (κ3) is 7.59. The molecule has 2 rings (SSSR count). The Hall–Kier alpha value is -2.08. The normalized spacial score (nSPS) is 17.8. The number of hydrogen-bond acceptors (Lipinski definition) is 3. The molecule has 27 heavy (non-hydrogen) atoms. The maximum atomic E-state index is 12.3. The first kappa shape index (κ1) is 21.2. The van der Waals surface area contributed by atoms with Gasteiger partial charge in [-0.15, -0.1) is 0 Å². The largest absolute Gasteiger partial charge is 0.347 e. The van der Waals surface area contributed by atoms with Crippen LogP contribution >= 0.6 is 0 Å². The molecule has 1 aromatic carbocycles. The van der Waals surface area contributed by atoms with Crippen LogP contribution in [0.4, 0.5) is 10.5 Å². The molecule has 0 bridgehead atoms. The first-order chi connectivity index (χ1) is 12.6. The molecule has 1 saturated heterocycles. The molecule has 3 amide bonds. The van der Waals surface area contributed by atoms with Crippen molar-refractivity contribution >= 4 is 17.6 Å². The number of amides is 3. The number of urea groups is 1. The molecule has 3 N–H and O–H groups in total. The smallest absolute Gasteiger partial charge is 0.319 e. The Balaban J connectivity index is 1.81. The van der Waals surface area contributed by atoms with E-state index in [0.29, 0.717) is 29.6 Å². The summed E-state index contributed by atoms with van der Waals surface area (Å²) >= 11 is 0. The molecule has 0 aliphatic carbocycles. The van der Waals surface area contributed by atoms with E-state index >= 15 is 0 Å². The molecule has 6 nitrogen and oxygen atoms in total. The molecule has 1 aliphatic heterocycles. The van der Waals surface area contributed by atoms with Crippen molar-refractivity contribution in [2.75, 3.05) is 31.5 Å². The summed E-state index contributed by atoms with van der Waals surface area (Å²) in [5.74, 6) is 1.02. The Morgan fingerprint density at radius 3 is 2.67 bits per heavy atom. The second-order valence-corrected chi connectivity index (χ2v) is 8.93. The van der Waals surface area contributed by atoms with E-state index in [0.717, 1.165) is 26.1 Å². The van der Waals surface area contributed by atoms with Crippen LogP contribution < -0.4 is 16.0 Å². The van der Waals surface area contributed by atoms with Gasteiger partial charge < -0.3 is 20.9 Å². The average molecular weight is 375 g/mol. The van der Waals surface area contributed by atoms with Gasteiger partial charge in [-0.1, -0.05) is 19.9 Å². The summed E-state index contributed by atoms with van der Waals surface area (Å²) in [6.07, 6.45) is 1.12.